The molecule has 1 N–H and O–H groups in total. The summed E-state index contributed by atoms with van der Waals surface area (Å²) >= 11 is 9.31. The predicted octanol–water partition coefficient (Wildman–Crippen LogP) is 5.26. The molecule has 2 aromatic carbocycles. The van der Waals surface area contributed by atoms with Crippen molar-refractivity contribution in [3.63, 3.8) is 0 Å². The fraction of sp³-hybridized carbons (Fsp3) is 0.200. The standard InChI is InChI=1S/C15H14BrClO2/c1-9-7-12(17)4-6-14(9)19-15-5-3-11(16)8-13(15)10(2)18/h3-8,10,18H,1-2H3. The summed E-state index contributed by atoms with van der Waals surface area (Å²) in [6.45, 7) is 3.64. The molecular formula is C15H14BrClO2. The molecule has 2 nitrogen and oxygen atoms in total. The van der Waals surface area contributed by atoms with Crippen LogP contribution in [-0.4, -0.2) is 5.11 Å². The van der Waals surface area contributed by atoms with Gasteiger partial charge in [0.2, 0.25) is 0 Å². The van der Waals surface area contributed by atoms with Gasteiger partial charge in [0.25, 0.3) is 0 Å². The van der Waals surface area contributed by atoms with E-state index in [1.54, 1.807) is 13.0 Å². The van der Waals surface area contributed by atoms with Crippen molar-refractivity contribution in [2.45, 2.75) is 20.0 Å². The molecule has 0 amide bonds. The Labute approximate surface area is 126 Å². The highest BCUT2D eigenvalue weighted by Crippen LogP contribution is 2.33. The minimum atomic E-state index is -0.597. The number of aliphatic hydroxyl groups is 1. The Kier molecular flexibility index (Phi) is 4.50. The van der Waals surface area contributed by atoms with Gasteiger partial charge in [-0.25, -0.2) is 0 Å². The van der Waals surface area contributed by atoms with E-state index in [1.807, 2.05) is 37.3 Å². The smallest absolute Gasteiger partial charge is 0.133 e. The normalized spacial score (nSPS) is 12.3. The lowest BCUT2D eigenvalue weighted by Crippen LogP contribution is -1.97. The molecule has 2 aromatic rings. The van der Waals surface area contributed by atoms with Crippen molar-refractivity contribution in [2.75, 3.05) is 0 Å². The van der Waals surface area contributed by atoms with Crippen LogP contribution in [-0.2, 0) is 0 Å². The summed E-state index contributed by atoms with van der Waals surface area (Å²) in [4.78, 5) is 0. The molecule has 0 aromatic heterocycles. The van der Waals surface area contributed by atoms with E-state index in [-0.39, 0.29) is 0 Å². The van der Waals surface area contributed by atoms with Crippen LogP contribution in [0.2, 0.25) is 5.02 Å². The quantitative estimate of drug-likeness (QED) is 0.825. The molecule has 0 aliphatic heterocycles. The average molecular weight is 342 g/mol. The Morgan fingerprint density at radius 1 is 1.16 bits per heavy atom. The third-order valence-electron chi connectivity index (χ3n) is 2.78. The monoisotopic (exact) mass is 340 g/mol. The van der Waals surface area contributed by atoms with E-state index in [4.69, 9.17) is 16.3 Å². The Morgan fingerprint density at radius 3 is 2.47 bits per heavy atom. The van der Waals surface area contributed by atoms with Crippen LogP contribution >= 0.6 is 27.5 Å². The molecule has 0 saturated carbocycles. The van der Waals surface area contributed by atoms with Gasteiger partial charge >= 0.3 is 0 Å². The van der Waals surface area contributed by atoms with Gasteiger partial charge in [-0.3, -0.25) is 0 Å². The zero-order chi connectivity index (χ0) is 14.0. The second-order valence-corrected chi connectivity index (χ2v) is 5.72. The first kappa shape index (κ1) is 14.4. The summed E-state index contributed by atoms with van der Waals surface area (Å²) in [5.41, 5.74) is 1.69. The summed E-state index contributed by atoms with van der Waals surface area (Å²) in [5, 5.41) is 10.5. The second kappa shape index (κ2) is 5.95. The molecular weight excluding hydrogens is 328 g/mol. The topological polar surface area (TPSA) is 29.5 Å². The van der Waals surface area contributed by atoms with Gasteiger partial charge in [-0.05, 0) is 55.8 Å². The van der Waals surface area contributed by atoms with E-state index >= 15 is 0 Å². The van der Waals surface area contributed by atoms with Gasteiger partial charge in [-0.15, -0.1) is 0 Å². The van der Waals surface area contributed by atoms with E-state index < -0.39 is 6.10 Å². The second-order valence-electron chi connectivity index (χ2n) is 4.37. The van der Waals surface area contributed by atoms with Gasteiger partial charge in [0.05, 0.1) is 6.10 Å². The minimum Gasteiger partial charge on any atom is -0.457 e. The molecule has 0 spiro atoms. The molecule has 1 atom stereocenters. The lowest BCUT2D eigenvalue weighted by Gasteiger charge is -2.15. The largest absolute Gasteiger partial charge is 0.457 e. The predicted molar refractivity (Wildman–Crippen MR) is 81.0 cm³/mol. The van der Waals surface area contributed by atoms with Crippen LogP contribution in [0.1, 0.15) is 24.2 Å². The third kappa shape index (κ3) is 3.50. The highest BCUT2D eigenvalue weighted by molar-refractivity contribution is 9.10. The number of rotatable bonds is 3. The molecule has 19 heavy (non-hydrogen) atoms. The molecule has 0 fully saturated rings. The van der Waals surface area contributed by atoms with Crippen molar-refractivity contribution in [3.8, 4) is 11.5 Å². The number of hydrogen-bond donors (Lipinski definition) is 1. The van der Waals surface area contributed by atoms with E-state index in [2.05, 4.69) is 15.9 Å². The van der Waals surface area contributed by atoms with Crippen LogP contribution in [0.3, 0.4) is 0 Å². The fourth-order valence-electron chi connectivity index (χ4n) is 1.78. The van der Waals surface area contributed by atoms with Crippen molar-refractivity contribution in [1.29, 1.82) is 0 Å². The van der Waals surface area contributed by atoms with Gasteiger partial charge < -0.3 is 9.84 Å². The number of ether oxygens (including phenoxy) is 1. The first-order valence-electron chi connectivity index (χ1n) is 5.89. The van der Waals surface area contributed by atoms with Gasteiger partial charge in [-0.2, -0.15) is 0 Å². The minimum absolute atomic E-state index is 0.597. The molecule has 0 aliphatic rings. The summed E-state index contributed by atoms with van der Waals surface area (Å²) in [6.07, 6.45) is -0.597. The molecule has 2 rings (SSSR count). The number of aliphatic hydroxyl groups excluding tert-OH is 1. The molecule has 0 radical (unpaired) electrons. The Bertz CT molecular complexity index is 597. The van der Waals surface area contributed by atoms with Crippen molar-refractivity contribution in [3.05, 3.63) is 57.0 Å². The zero-order valence-electron chi connectivity index (χ0n) is 10.7. The maximum Gasteiger partial charge on any atom is 0.133 e. The van der Waals surface area contributed by atoms with Crippen LogP contribution in [0, 0.1) is 6.92 Å². The first-order chi connectivity index (χ1) is 8.97. The Hall–Kier alpha value is -1.03. The van der Waals surface area contributed by atoms with Crippen molar-refractivity contribution < 1.29 is 9.84 Å². The summed E-state index contributed by atoms with van der Waals surface area (Å²) in [5.74, 6) is 1.37. The van der Waals surface area contributed by atoms with Gasteiger partial charge in [0, 0.05) is 15.1 Å². The van der Waals surface area contributed by atoms with E-state index in [0.29, 0.717) is 10.8 Å². The van der Waals surface area contributed by atoms with Crippen LogP contribution in [0.25, 0.3) is 0 Å². The highest BCUT2D eigenvalue weighted by atomic mass is 79.9. The molecule has 0 bridgehead atoms. The number of aryl methyl sites for hydroxylation is 1. The van der Waals surface area contributed by atoms with E-state index in [9.17, 15) is 5.11 Å². The van der Waals surface area contributed by atoms with Crippen LogP contribution in [0.15, 0.2) is 40.9 Å². The van der Waals surface area contributed by atoms with Crippen LogP contribution < -0.4 is 4.74 Å². The maximum atomic E-state index is 9.80. The molecule has 0 heterocycles. The molecule has 0 saturated heterocycles. The lowest BCUT2D eigenvalue weighted by molar-refractivity contribution is 0.195. The van der Waals surface area contributed by atoms with Crippen molar-refractivity contribution >= 4 is 27.5 Å². The maximum absolute atomic E-state index is 9.80. The fourth-order valence-corrected chi connectivity index (χ4v) is 2.39. The van der Waals surface area contributed by atoms with Gasteiger partial charge in [0.15, 0.2) is 0 Å². The van der Waals surface area contributed by atoms with Gasteiger partial charge in [0.1, 0.15) is 11.5 Å². The molecule has 1 unspecified atom stereocenters. The Balaban J connectivity index is 2.38. The van der Waals surface area contributed by atoms with Gasteiger partial charge in [-0.1, -0.05) is 27.5 Å². The molecule has 4 heteroatoms. The lowest BCUT2D eigenvalue weighted by atomic mass is 10.1. The van der Waals surface area contributed by atoms with E-state index in [0.717, 1.165) is 21.3 Å². The number of hydrogen-bond acceptors (Lipinski definition) is 2. The van der Waals surface area contributed by atoms with E-state index in [1.165, 1.54) is 0 Å². The summed E-state index contributed by atoms with van der Waals surface area (Å²) in [6, 6.07) is 11.0. The zero-order valence-corrected chi connectivity index (χ0v) is 13.0. The molecule has 100 valence electrons. The van der Waals surface area contributed by atoms with Crippen molar-refractivity contribution in [1.82, 2.24) is 0 Å². The SMILES string of the molecule is Cc1cc(Cl)ccc1Oc1ccc(Br)cc1C(C)O. The van der Waals surface area contributed by atoms with Crippen LogP contribution in [0.5, 0.6) is 11.5 Å². The third-order valence-corrected chi connectivity index (χ3v) is 3.51. The van der Waals surface area contributed by atoms with Crippen LogP contribution in [0.4, 0.5) is 0 Å². The number of halogens is 2. The number of benzene rings is 2. The summed E-state index contributed by atoms with van der Waals surface area (Å²) < 4.78 is 6.78. The average Bonchev–Trinajstić information content (AvgIpc) is 2.34. The summed E-state index contributed by atoms with van der Waals surface area (Å²) in [7, 11) is 0. The first-order valence-corrected chi connectivity index (χ1v) is 7.06. The Morgan fingerprint density at radius 2 is 1.84 bits per heavy atom. The van der Waals surface area contributed by atoms with Crippen molar-refractivity contribution in [2.24, 2.45) is 0 Å². The molecule has 0 aliphatic carbocycles. The highest BCUT2D eigenvalue weighted by Gasteiger charge is 2.11.